The van der Waals surface area contributed by atoms with Crippen LogP contribution in [0.3, 0.4) is 0 Å². The largest absolute Gasteiger partial charge is 0.493 e. The number of rotatable bonds is 6. The molecule has 2 heterocycles. The lowest BCUT2D eigenvalue weighted by Crippen LogP contribution is -2.02. The van der Waals surface area contributed by atoms with Crippen molar-refractivity contribution in [1.29, 1.82) is 0 Å². The first-order chi connectivity index (χ1) is 12.7. The molecule has 4 rings (SSSR count). The lowest BCUT2D eigenvalue weighted by Gasteiger charge is -2.04. The van der Waals surface area contributed by atoms with Crippen molar-refractivity contribution in [3.63, 3.8) is 0 Å². The molecule has 0 bridgehead atoms. The minimum atomic E-state index is -0.111. The van der Waals surface area contributed by atoms with Gasteiger partial charge in [-0.2, -0.15) is 0 Å². The first-order valence-corrected chi connectivity index (χ1v) is 8.51. The predicted molar refractivity (Wildman–Crippen MR) is 98.0 cm³/mol. The Morgan fingerprint density at radius 2 is 1.88 bits per heavy atom. The van der Waals surface area contributed by atoms with Crippen LogP contribution in [0.1, 0.15) is 17.2 Å². The summed E-state index contributed by atoms with van der Waals surface area (Å²) in [6.07, 6.45) is 0.653. The lowest BCUT2D eigenvalue weighted by atomic mass is 10.2. The number of furan rings is 1. The van der Waals surface area contributed by atoms with E-state index in [-0.39, 0.29) is 6.61 Å². The van der Waals surface area contributed by atoms with Crippen molar-refractivity contribution in [3.05, 3.63) is 71.8 Å². The van der Waals surface area contributed by atoms with Crippen molar-refractivity contribution in [2.75, 3.05) is 6.61 Å². The summed E-state index contributed by atoms with van der Waals surface area (Å²) in [6, 6.07) is 17.3. The van der Waals surface area contributed by atoms with Gasteiger partial charge in [-0.3, -0.25) is 0 Å². The molecule has 0 saturated heterocycles. The number of hydrogen-bond acceptors (Lipinski definition) is 5. The van der Waals surface area contributed by atoms with E-state index in [1.165, 1.54) is 0 Å². The van der Waals surface area contributed by atoms with E-state index in [1.54, 1.807) is 0 Å². The molecular weight excluding hydrogens is 330 g/mol. The van der Waals surface area contributed by atoms with Crippen molar-refractivity contribution < 1.29 is 18.7 Å². The number of aliphatic hydroxyl groups is 1. The van der Waals surface area contributed by atoms with Crippen LogP contribution in [0.15, 0.2) is 63.4 Å². The second-order valence-electron chi connectivity index (χ2n) is 6.06. The molecule has 0 aliphatic rings. The first kappa shape index (κ1) is 16.4. The maximum Gasteiger partial charge on any atom is 0.226 e. The molecule has 132 valence electrons. The number of aromatic nitrogens is 1. The van der Waals surface area contributed by atoms with E-state index in [4.69, 9.17) is 18.7 Å². The summed E-state index contributed by atoms with van der Waals surface area (Å²) in [6.45, 7) is 2.29. The van der Waals surface area contributed by atoms with Crippen molar-refractivity contribution in [2.24, 2.45) is 0 Å². The Kier molecular flexibility index (Phi) is 4.46. The number of ether oxygens (including phenoxy) is 1. The molecule has 5 heteroatoms. The Balaban J connectivity index is 1.42. The third-order valence-electron chi connectivity index (χ3n) is 4.22. The van der Waals surface area contributed by atoms with Crippen molar-refractivity contribution in [2.45, 2.75) is 20.0 Å². The fourth-order valence-electron chi connectivity index (χ4n) is 2.86. The van der Waals surface area contributed by atoms with Crippen molar-refractivity contribution >= 4 is 11.0 Å². The van der Waals surface area contributed by atoms with Crippen LogP contribution in [-0.2, 0) is 13.0 Å². The van der Waals surface area contributed by atoms with Crippen LogP contribution >= 0.6 is 0 Å². The van der Waals surface area contributed by atoms with Crippen LogP contribution in [0.4, 0.5) is 0 Å². The van der Waals surface area contributed by atoms with Gasteiger partial charge in [-0.05, 0) is 37.3 Å². The quantitative estimate of drug-likeness (QED) is 0.555. The predicted octanol–water partition coefficient (Wildman–Crippen LogP) is 4.51. The molecule has 2 aromatic heterocycles. The van der Waals surface area contributed by atoms with Crippen LogP contribution in [0.5, 0.6) is 5.75 Å². The molecule has 0 amide bonds. The first-order valence-electron chi connectivity index (χ1n) is 8.51. The van der Waals surface area contributed by atoms with Crippen LogP contribution in [-0.4, -0.2) is 16.7 Å². The molecule has 26 heavy (non-hydrogen) atoms. The number of aliphatic hydroxyl groups excluding tert-OH is 1. The van der Waals surface area contributed by atoms with Gasteiger partial charge < -0.3 is 18.7 Å². The highest BCUT2D eigenvalue weighted by Crippen LogP contribution is 2.25. The SMILES string of the molecule is Cc1oc(-c2ccccc2)nc1CCOc1ccc2cc(CO)oc2c1. The zero-order valence-corrected chi connectivity index (χ0v) is 14.4. The molecule has 0 unspecified atom stereocenters. The standard InChI is InChI=1S/C21H19NO4/c1-14-19(22-21(25-14)15-5-3-2-4-6-15)9-10-24-17-8-7-16-11-18(13-23)26-20(16)12-17/h2-8,11-12,23H,9-10,13H2,1H3. The zero-order chi connectivity index (χ0) is 17.9. The molecule has 0 spiro atoms. The van der Waals surface area contributed by atoms with Crippen LogP contribution in [0, 0.1) is 6.92 Å². The summed E-state index contributed by atoms with van der Waals surface area (Å²) >= 11 is 0. The summed E-state index contributed by atoms with van der Waals surface area (Å²) in [5.41, 5.74) is 2.56. The maximum absolute atomic E-state index is 9.14. The molecule has 0 aliphatic heterocycles. The smallest absolute Gasteiger partial charge is 0.226 e. The van der Waals surface area contributed by atoms with E-state index >= 15 is 0 Å². The van der Waals surface area contributed by atoms with E-state index in [0.29, 0.717) is 30.3 Å². The lowest BCUT2D eigenvalue weighted by molar-refractivity contribution is 0.251. The van der Waals surface area contributed by atoms with Gasteiger partial charge in [-0.1, -0.05) is 18.2 Å². The average molecular weight is 349 g/mol. The van der Waals surface area contributed by atoms with Gasteiger partial charge >= 0.3 is 0 Å². The van der Waals surface area contributed by atoms with Crippen LogP contribution < -0.4 is 4.74 Å². The van der Waals surface area contributed by atoms with Gasteiger partial charge in [0, 0.05) is 23.4 Å². The molecule has 0 atom stereocenters. The minimum absolute atomic E-state index is 0.111. The number of fused-ring (bicyclic) bond motifs is 1. The normalized spacial score (nSPS) is 11.2. The second-order valence-corrected chi connectivity index (χ2v) is 6.06. The van der Waals surface area contributed by atoms with E-state index < -0.39 is 0 Å². The highest BCUT2D eigenvalue weighted by molar-refractivity contribution is 5.79. The number of hydrogen-bond donors (Lipinski definition) is 1. The average Bonchev–Trinajstić information content (AvgIpc) is 3.25. The van der Waals surface area contributed by atoms with E-state index in [2.05, 4.69) is 4.98 Å². The number of oxazole rings is 1. The molecule has 1 N–H and O–H groups in total. The Labute approximate surface area is 150 Å². The third kappa shape index (κ3) is 3.34. The molecule has 2 aromatic carbocycles. The number of benzene rings is 2. The number of aryl methyl sites for hydroxylation is 1. The minimum Gasteiger partial charge on any atom is -0.493 e. The number of nitrogens with zero attached hydrogens (tertiary/aromatic N) is 1. The fourth-order valence-corrected chi connectivity index (χ4v) is 2.86. The van der Waals surface area contributed by atoms with Crippen LogP contribution in [0.2, 0.25) is 0 Å². The van der Waals surface area contributed by atoms with Gasteiger partial charge in [-0.25, -0.2) is 4.98 Å². The third-order valence-corrected chi connectivity index (χ3v) is 4.22. The Morgan fingerprint density at radius 3 is 2.69 bits per heavy atom. The summed E-state index contributed by atoms with van der Waals surface area (Å²) in [5, 5.41) is 10.1. The summed E-state index contributed by atoms with van der Waals surface area (Å²) < 4.78 is 17.1. The molecule has 4 aromatic rings. The monoisotopic (exact) mass is 349 g/mol. The van der Waals surface area contributed by atoms with Gasteiger partial charge in [0.2, 0.25) is 5.89 Å². The maximum atomic E-state index is 9.14. The van der Waals surface area contributed by atoms with Crippen molar-refractivity contribution in [3.8, 4) is 17.2 Å². The molecule has 5 nitrogen and oxygen atoms in total. The van der Waals surface area contributed by atoms with E-state index in [9.17, 15) is 0 Å². The van der Waals surface area contributed by atoms with Crippen molar-refractivity contribution in [1.82, 2.24) is 4.98 Å². The fraction of sp³-hybridized carbons (Fsp3) is 0.190. The van der Waals surface area contributed by atoms with E-state index in [1.807, 2.05) is 61.5 Å². The molecule has 0 fully saturated rings. The van der Waals surface area contributed by atoms with Gasteiger partial charge in [0.25, 0.3) is 0 Å². The van der Waals surface area contributed by atoms with Gasteiger partial charge in [-0.15, -0.1) is 0 Å². The molecule has 0 radical (unpaired) electrons. The Hall–Kier alpha value is -3.05. The van der Waals surface area contributed by atoms with Gasteiger partial charge in [0.05, 0.1) is 12.3 Å². The van der Waals surface area contributed by atoms with E-state index in [0.717, 1.165) is 28.2 Å². The summed E-state index contributed by atoms with van der Waals surface area (Å²) in [5.74, 6) is 2.71. The topological polar surface area (TPSA) is 68.6 Å². The Morgan fingerprint density at radius 1 is 1.04 bits per heavy atom. The molecular formula is C21H19NO4. The van der Waals surface area contributed by atoms with Gasteiger partial charge in [0.1, 0.15) is 29.5 Å². The highest BCUT2D eigenvalue weighted by atomic mass is 16.5. The van der Waals surface area contributed by atoms with Gasteiger partial charge in [0.15, 0.2) is 0 Å². The van der Waals surface area contributed by atoms with Crippen LogP contribution in [0.25, 0.3) is 22.4 Å². The second kappa shape index (κ2) is 7.06. The highest BCUT2D eigenvalue weighted by Gasteiger charge is 2.11. The zero-order valence-electron chi connectivity index (χ0n) is 14.4. The summed E-state index contributed by atoms with van der Waals surface area (Å²) in [7, 11) is 0. The Bertz CT molecular complexity index is 1020. The summed E-state index contributed by atoms with van der Waals surface area (Å²) in [4.78, 5) is 4.58. The molecule has 0 aliphatic carbocycles. The molecule has 0 saturated carbocycles.